The van der Waals surface area contributed by atoms with Crippen LogP contribution in [0.3, 0.4) is 0 Å². The summed E-state index contributed by atoms with van der Waals surface area (Å²) in [5.74, 6) is 0.672. The number of anilines is 2. The van der Waals surface area contributed by atoms with E-state index in [0.717, 1.165) is 31.7 Å². The first-order valence-electron chi connectivity index (χ1n) is 8.05. The maximum absolute atomic E-state index is 12.1. The van der Waals surface area contributed by atoms with Gasteiger partial charge in [-0.15, -0.1) is 10.2 Å². The van der Waals surface area contributed by atoms with Gasteiger partial charge in [0.1, 0.15) is 11.3 Å². The number of nitrogens with zero attached hydrogens (tertiary/aromatic N) is 6. The largest absolute Gasteiger partial charge is 0.356 e. The van der Waals surface area contributed by atoms with Crippen molar-refractivity contribution in [2.24, 2.45) is 0 Å². The van der Waals surface area contributed by atoms with Gasteiger partial charge in [0.25, 0.3) is 5.91 Å². The van der Waals surface area contributed by atoms with E-state index < -0.39 is 0 Å². The smallest absolute Gasteiger partial charge is 0.259 e. The molecule has 1 N–H and O–H groups in total. The summed E-state index contributed by atoms with van der Waals surface area (Å²) in [5.41, 5.74) is 2.08. The van der Waals surface area contributed by atoms with Gasteiger partial charge in [-0.1, -0.05) is 11.3 Å². The third-order valence-electron chi connectivity index (χ3n) is 4.33. The Balaban J connectivity index is 1.37. The molecule has 1 aliphatic rings. The fourth-order valence-corrected chi connectivity index (χ4v) is 3.42. The van der Waals surface area contributed by atoms with Gasteiger partial charge in [0.15, 0.2) is 0 Å². The summed E-state index contributed by atoms with van der Waals surface area (Å²) in [6.45, 7) is 1.87. The lowest BCUT2D eigenvalue weighted by Gasteiger charge is -2.33. The molecule has 8 nitrogen and oxygen atoms in total. The molecule has 9 heteroatoms. The maximum Gasteiger partial charge on any atom is 0.259 e. The monoisotopic (exact) mass is 355 g/mol. The van der Waals surface area contributed by atoms with Gasteiger partial charge >= 0.3 is 0 Å². The molecule has 128 valence electrons. The van der Waals surface area contributed by atoms with Crippen LogP contribution in [0.25, 0.3) is 0 Å². The molecule has 25 heavy (non-hydrogen) atoms. The van der Waals surface area contributed by atoms with Crippen LogP contribution in [0.4, 0.5) is 10.9 Å². The van der Waals surface area contributed by atoms with Gasteiger partial charge in [0, 0.05) is 37.7 Å². The normalized spacial score (nSPS) is 15.3. The highest BCUT2D eigenvalue weighted by molar-refractivity contribution is 7.13. The van der Waals surface area contributed by atoms with E-state index in [4.69, 9.17) is 0 Å². The summed E-state index contributed by atoms with van der Waals surface area (Å²) in [6.07, 6.45) is 9.43. The number of aromatic nitrogens is 5. The average Bonchev–Trinajstić information content (AvgIpc) is 3.36. The molecule has 4 rings (SSSR count). The van der Waals surface area contributed by atoms with Crippen LogP contribution in [0.15, 0.2) is 42.6 Å². The molecule has 0 unspecified atom stereocenters. The van der Waals surface area contributed by atoms with Crippen molar-refractivity contribution in [1.29, 1.82) is 0 Å². The highest BCUT2D eigenvalue weighted by Gasteiger charge is 2.21. The number of pyridine rings is 1. The third-order valence-corrected chi connectivity index (χ3v) is 4.93. The van der Waals surface area contributed by atoms with Crippen molar-refractivity contribution in [3.05, 3.63) is 48.1 Å². The molecule has 0 aliphatic carbocycles. The molecule has 3 aromatic rings. The molecule has 0 aromatic carbocycles. The molecule has 0 saturated carbocycles. The van der Waals surface area contributed by atoms with Crippen molar-refractivity contribution in [1.82, 2.24) is 24.7 Å². The van der Waals surface area contributed by atoms with Crippen molar-refractivity contribution in [3.8, 4) is 0 Å². The number of nitrogens with one attached hydrogen (secondary N) is 1. The molecule has 1 fully saturated rings. The van der Waals surface area contributed by atoms with Gasteiger partial charge in [0.2, 0.25) is 5.13 Å². The van der Waals surface area contributed by atoms with E-state index in [2.05, 4.69) is 34.9 Å². The molecule has 1 saturated heterocycles. The highest BCUT2D eigenvalue weighted by atomic mass is 32.1. The van der Waals surface area contributed by atoms with Gasteiger partial charge < -0.3 is 9.47 Å². The second kappa shape index (κ2) is 6.98. The fraction of sp³-hybridized carbons (Fsp3) is 0.312. The summed E-state index contributed by atoms with van der Waals surface area (Å²) in [7, 11) is 0. The third kappa shape index (κ3) is 3.50. The Morgan fingerprint density at radius 1 is 1.28 bits per heavy atom. The molecular weight excluding hydrogens is 338 g/mol. The molecule has 0 bridgehead atoms. The molecule has 0 radical (unpaired) electrons. The summed E-state index contributed by atoms with van der Waals surface area (Å²) >= 11 is 1.28. The zero-order valence-corrected chi connectivity index (χ0v) is 14.3. The number of carbonyl (C=O) groups is 1. The van der Waals surface area contributed by atoms with Crippen LogP contribution >= 0.6 is 11.3 Å². The Bertz CT molecular complexity index is 809. The van der Waals surface area contributed by atoms with E-state index in [-0.39, 0.29) is 5.91 Å². The standard InChI is InChI=1S/C16H17N7OS/c24-15(20-16-21-19-11-25-16)12-1-2-14(18-9-12)22-6-3-13(4-7-22)23-8-5-17-10-23/h1-2,5,8-11,13H,3-4,6-7H2,(H,20,21,24). The molecule has 0 spiro atoms. The van der Waals surface area contributed by atoms with Crippen molar-refractivity contribution in [3.63, 3.8) is 0 Å². The van der Waals surface area contributed by atoms with Crippen LogP contribution in [0, 0.1) is 0 Å². The first-order valence-corrected chi connectivity index (χ1v) is 8.93. The lowest BCUT2D eigenvalue weighted by molar-refractivity contribution is 0.102. The second-order valence-electron chi connectivity index (χ2n) is 5.83. The molecule has 3 aromatic heterocycles. The van der Waals surface area contributed by atoms with Crippen LogP contribution in [0.1, 0.15) is 29.2 Å². The van der Waals surface area contributed by atoms with Gasteiger partial charge in [-0.25, -0.2) is 9.97 Å². The number of hydrogen-bond donors (Lipinski definition) is 1. The van der Waals surface area contributed by atoms with Gasteiger partial charge in [-0.2, -0.15) is 0 Å². The molecular formula is C16H17N7OS. The Hall–Kier alpha value is -2.81. The number of amides is 1. The number of carbonyl (C=O) groups excluding carboxylic acids is 1. The van der Waals surface area contributed by atoms with Gasteiger partial charge in [-0.05, 0) is 25.0 Å². The Labute approximate surface area is 148 Å². The minimum Gasteiger partial charge on any atom is -0.356 e. The molecule has 1 amide bonds. The molecule has 1 aliphatic heterocycles. The quantitative estimate of drug-likeness (QED) is 0.772. The van der Waals surface area contributed by atoms with E-state index in [1.54, 1.807) is 17.8 Å². The summed E-state index contributed by atoms with van der Waals surface area (Å²) in [6, 6.07) is 4.18. The topological polar surface area (TPSA) is 88.8 Å². The Kier molecular flexibility index (Phi) is 4.38. The molecule has 4 heterocycles. The predicted molar refractivity (Wildman–Crippen MR) is 94.8 cm³/mol. The van der Waals surface area contributed by atoms with Crippen molar-refractivity contribution in [2.75, 3.05) is 23.3 Å². The minimum absolute atomic E-state index is 0.227. The summed E-state index contributed by atoms with van der Waals surface area (Å²) < 4.78 is 2.17. The average molecular weight is 355 g/mol. The first kappa shape index (κ1) is 15.7. The molecule has 0 atom stereocenters. The number of imidazole rings is 1. The maximum atomic E-state index is 12.1. The minimum atomic E-state index is -0.227. The van der Waals surface area contributed by atoms with E-state index in [0.29, 0.717) is 16.7 Å². The Morgan fingerprint density at radius 2 is 2.16 bits per heavy atom. The van der Waals surface area contributed by atoms with Crippen molar-refractivity contribution in [2.45, 2.75) is 18.9 Å². The number of piperidine rings is 1. The van der Waals surface area contributed by atoms with Crippen LogP contribution in [-0.2, 0) is 0 Å². The SMILES string of the molecule is O=C(Nc1nncs1)c1ccc(N2CCC(n3ccnc3)CC2)nc1. The summed E-state index contributed by atoms with van der Waals surface area (Å²) in [5, 5.41) is 10.7. The van der Waals surface area contributed by atoms with E-state index >= 15 is 0 Å². The number of rotatable bonds is 4. The number of hydrogen-bond acceptors (Lipinski definition) is 7. The van der Waals surface area contributed by atoms with E-state index in [9.17, 15) is 4.79 Å². The second-order valence-corrected chi connectivity index (χ2v) is 6.66. The van der Waals surface area contributed by atoms with E-state index in [1.807, 2.05) is 24.8 Å². The van der Waals surface area contributed by atoms with Crippen LogP contribution in [0.2, 0.25) is 0 Å². The van der Waals surface area contributed by atoms with Gasteiger partial charge in [-0.3, -0.25) is 10.1 Å². The van der Waals surface area contributed by atoms with Crippen LogP contribution in [0.5, 0.6) is 0 Å². The zero-order chi connectivity index (χ0) is 17.1. The highest BCUT2D eigenvalue weighted by Crippen LogP contribution is 2.25. The Morgan fingerprint density at radius 3 is 2.80 bits per heavy atom. The fourth-order valence-electron chi connectivity index (χ4n) is 2.98. The predicted octanol–water partition coefficient (Wildman–Crippen LogP) is 2.22. The zero-order valence-electron chi connectivity index (χ0n) is 13.4. The van der Waals surface area contributed by atoms with Gasteiger partial charge in [0.05, 0.1) is 11.9 Å². The van der Waals surface area contributed by atoms with E-state index in [1.165, 1.54) is 11.3 Å². The summed E-state index contributed by atoms with van der Waals surface area (Å²) in [4.78, 5) is 23.0. The lowest BCUT2D eigenvalue weighted by atomic mass is 10.0. The van der Waals surface area contributed by atoms with Crippen molar-refractivity contribution >= 4 is 28.2 Å². The first-order chi connectivity index (χ1) is 12.3. The van der Waals surface area contributed by atoms with Crippen LogP contribution in [-0.4, -0.2) is 43.7 Å². The van der Waals surface area contributed by atoms with Crippen molar-refractivity contribution < 1.29 is 4.79 Å². The van der Waals surface area contributed by atoms with Crippen LogP contribution < -0.4 is 10.2 Å². The lowest BCUT2D eigenvalue weighted by Crippen LogP contribution is -2.35.